The topological polar surface area (TPSA) is 38.7 Å². The van der Waals surface area contributed by atoms with E-state index in [4.69, 9.17) is 0 Å². The molecule has 106 valence electrons. The molecular formula is C19H15N3. The largest absolute Gasteiger partial charge is 0.253 e. The summed E-state index contributed by atoms with van der Waals surface area (Å²) in [6.45, 7) is 4.17. The van der Waals surface area contributed by atoms with E-state index in [0.29, 0.717) is 0 Å². The fourth-order valence-electron chi connectivity index (χ4n) is 3.04. The van der Waals surface area contributed by atoms with Crippen molar-refractivity contribution in [2.24, 2.45) is 0 Å². The molecule has 22 heavy (non-hydrogen) atoms. The molecular weight excluding hydrogens is 270 g/mol. The highest BCUT2D eigenvalue weighted by atomic mass is 14.8. The second-order valence-electron chi connectivity index (χ2n) is 5.54. The fraction of sp³-hybridized carbons (Fsp3) is 0.105. The summed E-state index contributed by atoms with van der Waals surface area (Å²) in [6.07, 6.45) is 3.49. The Balaban J connectivity index is 2.18. The number of aromatic nitrogens is 3. The maximum atomic E-state index is 4.64. The minimum atomic E-state index is 0.967. The Labute approximate surface area is 128 Å². The second-order valence-corrected chi connectivity index (χ2v) is 5.54. The van der Waals surface area contributed by atoms with Crippen LogP contribution in [0.15, 0.2) is 55.0 Å². The van der Waals surface area contributed by atoms with Crippen molar-refractivity contribution in [2.45, 2.75) is 13.8 Å². The molecule has 4 aromatic rings. The first-order valence-electron chi connectivity index (χ1n) is 7.30. The number of para-hydroxylation sites is 1. The standard InChI is InChI=1S/C19H15N3/c1-12-7-8-17-16(10-20-11-21-17)19(12)15-9-13(2)22-18-6-4-3-5-14(15)18/h3-11H,1-2H3. The van der Waals surface area contributed by atoms with Gasteiger partial charge in [-0.2, -0.15) is 0 Å². The molecule has 0 aliphatic carbocycles. The van der Waals surface area contributed by atoms with E-state index in [1.807, 2.05) is 25.3 Å². The van der Waals surface area contributed by atoms with Crippen LogP contribution in [0.25, 0.3) is 32.9 Å². The Morgan fingerprint density at radius 2 is 1.73 bits per heavy atom. The van der Waals surface area contributed by atoms with Gasteiger partial charge in [-0.15, -0.1) is 0 Å². The number of hydrogen-bond acceptors (Lipinski definition) is 3. The zero-order chi connectivity index (χ0) is 15.1. The van der Waals surface area contributed by atoms with E-state index in [9.17, 15) is 0 Å². The third kappa shape index (κ3) is 1.94. The Bertz CT molecular complexity index is 1010. The molecule has 0 unspecified atom stereocenters. The van der Waals surface area contributed by atoms with Crippen LogP contribution < -0.4 is 0 Å². The molecule has 2 aromatic carbocycles. The van der Waals surface area contributed by atoms with Crippen LogP contribution in [-0.4, -0.2) is 15.0 Å². The molecule has 0 spiro atoms. The van der Waals surface area contributed by atoms with Crippen LogP contribution in [0.3, 0.4) is 0 Å². The van der Waals surface area contributed by atoms with E-state index in [-0.39, 0.29) is 0 Å². The van der Waals surface area contributed by atoms with Gasteiger partial charge in [-0.25, -0.2) is 9.97 Å². The SMILES string of the molecule is Cc1cc(-c2c(C)ccc3ncncc23)c2ccccc2n1. The van der Waals surface area contributed by atoms with Crippen LogP contribution in [0.5, 0.6) is 0 Å². The summed E-state index contributed by atoms with van der Waals surface area (Å²) in [5.74, 6) is 0. The predicted molar refractivity (Wildman–Crippen MR) is 89.7 cm³/mol. The Morgan fingerprint density at radius 1 is 0.864 bits per heavy atom. The van der Waals surface area contributed by atoms with Crippen molar-refractivity contribution in [1.82, 2.24) is 15.0 Å². The number of nitrogens with zero attached hydrogens (tertiary/aromatic N) is 3. The summed E-state index contributed by atoms with van der Waals surface area (Å²) in [5, 5.41) is 2.24. The molecule has 2 heterocycles. The van der Waals surface area contributed by atoms with Gasteiger partial charge in [-0.3, -0.25) is 4.98 Å². The summed E-state index contributed by atoms with van der Waals surface area (Å²) in [7, 11) is 0. The van der Waals surface area contributed by atoms with Gasteiger partial charge < -0.3 is 0 Å². The highest BCUT2D eigenvalue weighted by Gasteiger charge is 2.12. The van der Waals surface area contributed by atoms with Gasteiger partial charge in [-0.05, 0) is 48.7 Å². The Kier molecular flexibility index (Phi) is 2.86. The number of fused-ring (bicyclic) bond motifs is 2. The smallest absolute Gasteiger partial charge is 0.116 e. The van der Waals surface area contributed by atoms with E-state index in [2.05, 4.69) is 52.2 Å². The lowest BCUT2D eigenvalue weighted by Crippen LogP contribution is -1.93. The van der Waals surface area contributed by atoms with E-state index >= 15 is 0 Å². The van der Waals surface area contributed by atoms with Gasteiger partial charge in [0.25, 0.3) is 0 Å². The molecule has 0 radical (unpaired) electrons. The van der Waals surface area contributed by atoms with Crippen molar-refractivity contribution in [2.75, 3.05) is 0 Å². The number of rotatable bonds is 1. The second kappa shape index (κ2) is 4.88. The molecule has 4 rings (SSSR count). The van der Waals surface area contributed by atoms with Crippen molar-refractivity contribution in [3.63, 3.8) is 0 Å². The maximum absolute atomic E-state index is 4.64. The van der Waals surface area contributed by atoms with Gasteiger partial charge in [0.15, 0.2) is 0 Å². The van der Waals surface area contributed by atoms with Crippen molar-refractivity contribution in [3.05, 3.63) is 66.2 Å². The van der Waals surface area contributed by atoms with Crippen LogP contribution in [0, 0.1) is 13.8 Å². The quantitative estimate of drug-likeness (QED) is 0.518. The maximum Gasteiger partial charge on any atom is 0.116 e. The number of hydrogen-bond donors (Lipinski definition) is 0. The van der Waals surface area contributed by atoms with Crippen molar-refractivity contribution in [1.29, 1.82) is 0 Å². The summed E-state index contributed by atoms with van der Waals surface area (Å²) >= 11 is 0. The number of aryl methyl sites for hydroxylation is 2. The molecule has 0 N–H and O–H groups in total. The van der Waals surface area contributed by atoms with Crippen LogP contribution in [0.4, 0.5) is 0 Å². The highest BCUT2D eigenvalue weighted by molar-refractivity contribution is 6.04. The Morgan fingerprint density at radius 3 is 2.64 bits per heavy atom. The van der Waals surface area contributed by atoms with Crippen molar-refractivity contribution >= 4 is 21.8 Å². The summed E-state index contributed by atoms with van der Waals surface area (Å²) in [6, 6.07) is 14.6. The van der Waals surface area contributed by atoms with E-state index in [0.717, 1.165) is 27.5 Å². The summed E-state index contributed by atoms with van der Waals surface area (Å²) in [4.78, 5) is 13.2. The average molecular weight is 285 g/mol. The minimum absolute atomic E-state index is 0.967. The van der Waals surface area contributed by atoms with E-state index in [1.54, 1.807) is 6.33 Å². The monoisotopic (exact) mass is 285 g/mol. The molecule has 0 saturated heterocycles. The first kappa shape index (κ1) is 12.9. The van der Waals surface area contributed by atoms with Gasteiger partial charge >= 0.3 is 0 Å². The fourth-order valence-corrected chi connectivity index (χ4v) is 3.04. The van der Waals surface area contributed by atoms with Gasteiger partial charge in [-0.1, -0.05) is 24.3 Å². The summed E-state index contributed by atoms with van der Waals surface area (Å²) in [5.41, 5.74) is 6.61. The van der Waals surface area contributed by atoms with Gasteiger partial charge in [0.2, 0.25) is 0 Å². The van der Waals surface area contributed by atoms with Crippen molar-refractivity contribution in [3.8, 4) is 11.1 Å². The van der Waals surface area contributed by atoms with Crippen LogP contribution >= 0.6 is 0 Å². The summed E-state index contributed by atoms with van der Waals surface area (Å²) < 4.78 is 0. The van der Waals surface area contributed by atoms with E-state index in [1.165, 1.54) is 16.7 Å². The lowest BCUT2D eigenvalue weighted by molar-refractivity contribution is 1.22. The Hall–Kier alpha value is -2.81. The van der Waals surface area contributed by atoms with Crippen LogP contribution in [-0.2, 0) is 0 Å². The van der Waals surface area contributed by atoms with Crippen molar-refractivity contribution < 1.29 is 0 Å². The highest BCUT2D eigenvalue weighted by Crippen LogP contribution is 2.35. The third-order valence-corrected chi connectivity index (χ3v) is 4.01. The molecule has 3 heteroatoms. The normalized spacial score (nSPS) is 11.2. The van der Waals surface area contributed by atoms with Gasteiger partial charge in [0.05, 0.1) is 11.0 Å². The lowest BCUT2D eigenvalue weighted by Gasteiger charge is -2.13. The van der Waals surface area contributed by atoms with E-state index < -0.39 is 0 Å². The van der Waals surface area contributed by atoms with Crippen LogP contribution in [0.2, 0.25) is 0 Å². The molecule has 3 nitrogen and oxygen atoms in total. The first-order chi connectivity index (χ1) is 10.7. The molecule has 0 bridgehead atoms. The van der Waals surface area contributed by atoms with Gasteiger partial charge in [0, 0.05) is 22.7 Å². The van der Waals surface area contributed by atoms with Gasteiger partial charge in [0.1, 0.15) is 6.33 Å². The molecule has 2 aromatic heterocycles. The zero-order valence-corrected chi connectivity index (χ0v) is 12.5. The molecule has 0 fully saturated rings. The molecule has 0 aliphatic heterocycles. The molecule has 0 atom stereocenters. The number of pyridine rings is 1. The molecule has 0 aliphatic rings. The minimum Gasteiger partial charge on any atom is -0.253 e. The third-order valence-electron chi connectivity index (χ3n) is 4.01. The first-order valence-corrected chi connectivity index (χ1v) is 7.30. The zero-order valence-electron chi connectivity index (χ0n) is 12.5. The predicted octanol–water partition coefficient (Wildman–Crippen LogP) is 4.46. The molecule has 0 saturated carbocycles. The molecule has 0 amide bonds. The lowest BCUT2D eigenvalue weighted by atomic mass is 9.93. The van der Waals surface area contributed by atoms with Crippen LogP contribution in [0.1, 0.15) is 11.3 Å². The average Bonchev–Trinajstić information content (AvgIpc) is 2.54. The number of benzene rings is 2.